The summed E-state index contributed by atoms with van der Waals surface area (Å²) in [5.74, 6) is 1.63. The summed E-state index contributed by atoms with van der Waals surface area (Å²) in [6, 6.07) is 11.3. The highest BCUT2D eigenvalue weighted by Crippen LogP contribution is 2.29. The van der Waals surface area contributed by atoms with Crippen molar-refractivity contribution >= 4 is 0 Å². The molecule has 1 heterocycles. The summed E-state index contributed by atoms with van der Waals surface area (Å²) < 4.78 is 1.89. The molecule has 112 valence electrons. The second-order valence-corrected chi connectivity index (χ2v) is 6.37. The van der Waals surface area contributed by atoms with Crippen LogP contribution in [0.5, 0.6) is 0 Å². The molecule has 1 aliphatic carbocycles. The van der Waals surface area contributed by atoms with E-state index in [1.807, 2.05) is 16.9 Å². The van der Waals surface area contributed by atoms with Gasteiger partial charge in [-0.25, -0.2) is 4.68 Å². The monoisotopic (exact) mass is 283 g/mol. The maximum Gasteiger partial charge on any atom is 0.0645 e. The number of benzene rings is 1. The quantitative estimate of drug-likeness (QED) is 0.925. The molecule has 1 aliphatic rings. The summed E-state index contributed by atoms with van der Waals surface area (Å²) >= 11 is 0. The molecule has 3 atom stereocenters. The van der Waals surface area contributed by atoms with E-state index in [-0.39, 0.29) is 0 Å². The van der Waals surface area contributed by atoms with Crippen LogP contribution in [0.2, 0.25) is 0 Å². The first-order chi connectivity index (χ1) is 10.2. The van der Waals surface area contributed by atoms with Crippen molar-refractivity contribution < 1.29 is 0 Å². The molecular formula is C18H25N3. The molecule has 0 spiro atoms. The van der Waals surface area contributed by atoms with Gasteiger partial charge in [-0.15, -0.1) is 0 Å². The number of hydrogen-bond donors (Lipinski definition) is 1. The van der Waals surface area contributed by atoms with Crippen LogP contribution in [0.4, 0.5) is 0 Å². The van der Waals surface area contributed by atoms with Crippen LogP contribution >= 0.6 is 0 Å². The normalized spacial score (nSPS) is 25.9. The lowest BCUT2D eigenvalue weighted by molar-refractivity contribution is 0.206. The van der Waals surface area contributed by atoms with E-state index >= 15 is 0 Å². The Bertz CT molecular complexity index is 544. The van der Waals surface area contributed by atoms with Gasteiger partial charge in [0, 0.05) is 25.0 Å². The van der Waals surface area contributed by atoms with Crippen LogP contribution < -0.4 is 5.32 Å². The van der Waals surface area contributed by atoms with Crippen molar-refractivity contribution in [2.45, 2.75) is 45.7 Å². The highest BCUT2D eigenvalue weighted by molar-refractivity contribution is 5.33. The van der Waals surface area contributed by atoms with E-state index < -0.39 is 0 Å². The SMILES string of the molecule is CC1CCCC(NCc2ccc(-n3cccn3)cc2)C1C. The van der Waals surface area contributed by atoms with Gasteiger partial charge in [0.15, 0.2) is 0 Å². The Morgan fingerprint density at radius 2 is 2.00 bits per heavy atom. The molecule has 0 bridgehead atoms. The van der Waals surface area contributed by atoms with Gasteiger partial charge in [0.2, 0.25) is 0 Å². The zero-order valence-electron chi connectivity index (χ0n) is 13.0. The lowest BCUT2D eigenvalue weighted by Gasteiger charge is -2.34. The molecule has 3 nitrogen and oxygen atoms in total. The van der Waals surface area contributed by atoms with Gasteiger partial charge >= 0.3 is 0 Å². The third-order valence-corrected chi connectivity index (χ3v) is 4.98. The molecule has 1 aromatic heterocycles. The lowest BCUT2D eigenvalue weighted by atomic mass is 9.78. The van der Waals surface area contributed by atoms with Crippen LogP contribution in [0.3, 0.4) is 0 Å². The lowest BCUT2D eigenvalue weighted by Crippen LogP contribution is -2.40. The predicted octanol–water partition coefficient (Wildman–Crippen LogP) is 3.79. The Kier molecular flexibility index (Phi) is 4.39. The van der Waals surface area contributed by atoms with Gasteiger partial charge in [-0.1, -0.05) is 38.8 Å². The maximum absolute atomic E-state index is 4.25. The van der Waals surface area contributed by atoms with Gasteiger partial charge in [-0.2, -0.15) is 5.10 Å². The molecule has 1 aromatic carbocycles. The Balaban J connectivity index is 1.58. The van der Waals surface area contributed by atoms with Crippen molar-refractivity contribution in [1.29, 1.82) is 0 Å². The Morgan fingerprint density at radius 1 is 1.19 bits per heavy atom. The summed E-state index contributed by atoms with van der Waals surface area (Å²) in [4.78, 5) is 0. The molecule has 0 aliphatic heterocycles. The minimum absolute atomic E-state index is 0.666. The van der Waals surface area contributed by atoms with Gasteiger partial charge in [-0.05, 0) is 42.0 Å². The number of rotatable bonds is 4. The minimum atomic E-state index is 0.666. The van der Waals surface area contributed by atoms with E-state index in [0.29, 0.717) is 6.04 Å². The average Bonchev–Trinajstić information content (AvgIpc) is 3.04. The Labute approximate surface area is 127 Å². The third-order valence-electron chi connectivity index (χ3n) is 4.98. The summed E-state index contributed by atoms with van der Waals surface area (Å²) in [5, 5.41) is 8.00. The van der Waals surface area contributed by atoms with Crippen molar-refractivity contribution in [3.8, 4) is 5.69 Å². The largest absolute Gasteiger partial charge is 0.310 e. The zero-order chi connectivity index (χ0) is 14.7. The fraction of sp³-hybridized carbons (Fsp3) is 0.500. The van der Waals surface area contributed by atoms with Crippen molar-refractivity contribution in [2.75, 3.05) is 0 Å². The van der Waals surface area contributed by atoms with Gasteiger partial charge in [0.05, 0.1) is 5.69 Å². The number of nitrogens with zero attached hydrogens (tertiary/aromatic N) is 2. The fourth-order valence-corrected chi connectivity index (χ4v) is 3.31. The first-order valence-corrected chi connectivity index (χ1v) is 8.06. The molecule has 1 saturated carbocycles. The van der Waals surface area contributed by atoms with Crippen molar-refractivity contribution in [1.82, 2.24) is 15.1 Å². The van der Waals surface area contributed by atoms with Crippen LogP contribution in [0.1, 0.15) is 38.7 Å². The average molecular weight is 283 g/mol. The van der Waals surface area contributed by atoms with Crippen molar-refractivity contribution in [2.24, 2.45) is 11.8 Å². The summed E-state index contributed by atoms with van der Waals surface area (Å²) in [5.41, 5.74) is 2.46. The van der Waals surface area contributed by atoms with E-state index in [1.165, 1.54) is 24.8 Å². The number of aromatic nitrogens is 2. The molecule has 0 radical (unpaired) electrons. The smallest absolute Gasteiger partial charge is 0.0645 e. The van der Waals surface area contributed by atoms with E-state index in [9.17, 15) is 0 Å². The van der Waals surface area contributed by atoms with Crippen molar-refractivity contribution in [3.05, 3.63) is 48.3 Å². The van der Waals surface area contributed by atoms with Gasteiger partial charge in [0.1, 0.15) is 0 Å². The molecule has 0 saturated heterocycles. The molecule has 1 fully saturated rings. The Hall–Kier alpha value is -1.61. The third kappa shape index (κ3) is 3.35. The fourth-order valence-electron chi connectivity index (χ4n) is 3.31. The molecule has 2 aromatic rings. The maximum atomic E-state index is 4.25. The Morgan fingerprint density at radius 3 is 2.71 bits per heavy atom. The predicted molar refractivity (Wildman–Crippen MR) is 86.4 cm³/mol. The van der Waals surface area contributed by atoms with Gasteiger partial charge < -0.3 is 5.32 Å². The number of nitrogens with one attached hydrogen (secondary N) is 1. The van der Waals surface area contributed by atoms with Crippen LogP contribution in [-0.2, 0) is 6.54 Å². The van der Waals surface area contributed by atoms with Gasteiger partial charge in [-0.3, -0.25) is 0 Å². The second-order valence-electron chi connectivity index (χ2n) is 6.37. The molecule has 3 heteroatoms. The molecular weight excluding hydrogens is 258 g/mol. The van der Waals surface area contributed by atoms with E-state index in [2.05, 4.69) is 48.5 Å². The highest BCUT2D eigenvalue weighted by atomic mass is 15.3. The zero-order valence-corrected chi connectivity index (χ0v) is 13.0. The van der Waals surface area contributed by atoms with E-state index in [1.54, 1.807) is 6.20 Å². The summed E-state index contributed by atoms with van der Waals surface area (Å²) in [7, 11) is 0. The first-order valence-electron chi connectivity index (χ1n) is 8.06. The highest BCUT2D eigenvalue weighted by Gasteiger charge is 2.26. The van der Waals surface area contributed by atoms with E-state index in [0.717, 1.165) is 24.1 Å². The summed E-state index contributed by atoms with van der Waals surface area (Å²) in [6.07, 6.45) is 7.84. The standard InChI is InChI=1S/C18H25N3/c1-14-5-3-6-18(15(14)2)19-13-16-7-9-17(10-8-16)21-12-4-11-20-21/h4,7-12,14-15,18-19H,3,5-6,13H2,1-2H3. The van der Waals surface area contributed by atoms with Crippen molar-refractivity contribution in [3.63, 3.8) is 0 Å². The van der Waals surface area contributed by atoms with Crippen LogP contribution in [0.15, 0.2) is 42.7 Å². The molecule has 21 heavy (non-hydrogen) atoms. The molecule has 0 amide bonds. The molecule has 1 N–H and O–H groups in total. The van der Waals surface area contributed by atoms with E-state index in [4.69, 9.17) is 0 Å². The van der Waals surface area contributed by atoms with Crippen LogP contribution in [-0.4, -0.2) is 15.8 Å². The van der Waals surface area contributed by atoms with Gasteiger partial charge in [0.25, 0.3) is 0 Å². The second kappa shape index (κ2) is 6.44. The summed E-state index contributed by atoms with van der Waals surface area (Å²) in [6.45, 7) is 5.74. The molecule has 3 unspecified atom stereocenters. The van der Waals surface area contributed by atoms with Crippen LogP contribution in [0, 0.1) is 11.8 Å². The minimum Gasteiger partial charge on any atom is -0.310 e. The molecule has 3 rings (SSSR count). The topological polar surface area (TPSA) is 29.9 Å². The first kappa shape index (κ1) is 14.3. The van der Waals surface area contributed by atoms with Crippen LogP contribution in [0.25, 0.3) is 5.69 Å². The number of hydrogen-bond acceptors (Lipinski definition) is 2.